The van der Waals surface area contributed by atoms with Gasteiger partial charge in [-0.2, -0.15) is 0 Å². The number of aromatic hydroxyl groups is 1. The number of halogens is 1. The molecule has 0 unspecified atom stereocenters. The number of hydrogen-bond donors (Lipinski definition) is 1. The van der Waals surface area contributed by atoms with E-state index in [1.807, 2.05) is 12.1 Å². The molecule has 0 aromatic heterocycles. The first-order valence-electron chi connectivity index (χ1n) is 9.00. The zero-order valence-electron chi connectivity index (χ0n) is 15.1. The number of alkyl halides is 1. The maximum absolute atomic E-state index is 9.53. The van der Waals surface area contributed by atoms with Crippen LogP contribution in [-0.2, 0) is 0 Å². The van der Waals surface area contributed by atoms with Crippen molar-refractivity contribution >= 4 is 27.1 Å². The number of allylic oxidation sites excluding steroid dienone is 2. The van der Waals surface area contributed by atoms with Crippen LogP contribution in [0.1, 0.15) is 50.7 Å². The number of benzene rings is 2. The summed E-state index contributed by atoms with van der Waals surface area (Å²) in [6.45, 7) is 5.13. The second kappa shape index (κ2) is 10.3. The van der Waals surface area contributed by atoms with Gasteiger partial charge in [-0.1, -0.05) is 54.0 Å². The average Bonchev–Trinajstić information content (AvgIpc) is 2.65. The van der Waals surface area contributed by atoms with Crippen LogP contribution in [0.4, 0.5) is 0 Å². The number of unbranched alkanes of at least 4 members (excludes halogenated alkanes) is 1. The maximum Gasteiger partial charge on any atom is 0.119 e. The van der Waals surface area contributed by atoms with Crippen molar-refractivity contribution in [2.75, 3.05) is 11.9 Å². The molecule has 2 rings (SSSR count). The summed E-state index contributed by atoms with van der Waals surface area (Å²) in [6.07, 6.45) is 4.12. The number of rotatable bonds is 9. The molecule has 0 saturated heterocycles. The molecule has 134 valence electrons. The Bertz CT molecular complexity index is 672. The predicted molar refractivity (Wildman–Crippen MR) is 110 cm³/mol. The van der Waals surface area contributed by atoms with Gasteiger partial charge in [0.05, 0.1) is 6.61 Å². The van der Waals surface area contributed by atoms with E-state index in [2.05, 4.69) is 54.0 Å². The largest absolute Gasteiger partial charge is 0.508 e. The first-order chi connectivity index (χ1) is 12.2. The van der Waals surface area contributed by atoms with Crippen LogP contribution >= 0.6 is 15.9 Å². The molecule has 0 saturated carbocycles. The SMILES string of the molecule is CCC(=C(CC)c1ccc(OCCCCBr)cc1)c1ccc(O)cc1. The minimum absolute atomic E-state index is 0.304. The maximum atomic E-state index is 9.53. The van der Waals surface area contributed by atoms with E-state index in [1.54, 1.807) is 12.1 Å². The first-order valence-corrected chi connectivity index (χ1v) is 10.1. The smallest absolute Gasteiger partial charge is 0.119 e. The van der Waals surface area contributed by atoms with Crippen molar-refractivity contribution < 1.29 is 9.84 Å². The summed E-state index contributed by atoms with van der Waals surface area (Å²) in [5.74, 6) is 1.23. The van der Waals surface area contributed by atoms with Gasteiger partial charge in [-0.25, -0.2) is 0 Å². The molecule has 0 fully saturated rings. The highest BCUT2D eigenvalue weighted by Crippen LogP contribution is 2.32. The molecule has 0 bridgehead atoms. The van der Waals surface area contributed by atoms with Gasteiger partial charge in [0.25, 0.3) is 0 Å². The second-order valence-electron chi connectivity index (χ2n) is 5.98. The van der Waals surface area contributed by atoms with Gasteiger partial charge in [-0.15, -0.1) is 0 Å². The lowest BCUT2D eigenvalue weighted by Crippen LogP contribution is -1.98. The van der Waals surface area contributed by atoms with Gasteiger partial charge in [0.1, 0.15) is 11.5 Å². The van der Waals surface area contributed by atoms with Crippen molar-refractivity contribution in [3.63, 3.8) is 0 Å². The molecule has 25 heavy (non-hydrogen) atoms. The third-order valence-electron chi connectivity index (χ3n) is 4.29. The Hall–Kier alpha value is -1.74. The monoisotopic (exact) mass is 402 g/mol. The van der Waals surface area contributed by atoms with Gasteiger partial charge in [0.2, 0.25) is 0 Å². The molecule has 0 radical (unpaired) electrons. The van der Waals surface area contributed by atoms with Crippen LogP contribution in [0.25, 0.3) is 11.1 Å². The molecule has 0 spiro atoms. The number of hydrogen-bond acceptors (Lipinski definition) is 2. The lowest BCUT2D eigenvalue weighted by atomic mass is 9.91. The fourth-order valence-corrected chi connectivity index (χ4v) is 3.38. The summed E-state index contributed by atoms with van der Waals surface area (Å²) in [7, 11) is 0. The highest BCUT2D eigenvalue weighted by Gasteiger charge is 2.09. The zero-order chi connectivity index (χ0) is 18.1. The lowest BCUT2D eigenvalue weighted by molar-refractivity contribution is 0.310. The highest BCUT2D eigenvalue weighted by atomic mass is 79.9. The van der Waals surface area contributed by atoms with Crippen molar-refractivity contribution in [2.45, 2.75) is 39.5 Å². The molecule has 0 aliphatic rings. The summed E-state index contributed by atoms with van der Waals surface area (Å²) >= 11 is 3.44. The van der Waals surface area contributed by atoms with Gasteiger partial charge in [0, 0.05) is 5.33 Å². The van der Waals surface area contributed by atoms with E-state index >= 15 is 0 Å². The van der Waals surface area contributed by atoms with Crippen molar-refractivity contribution in [2.24, 2.45) is 0 Å². The third kappa shape index (κ3) is 5.64. The van der Waals surface area contributed by atoms with Crippen molar-refractivity contribution in [1.82, 2.24) is 0 Å². The Kier molecular flexibility index (Phi) is 8.07. The Morgan fingerprint density at radius 2 is 1.36 bits per heavy atom. The molecule has 1 N–H and O–H groups in total. The Labute approximate surface area is 159 Å². The molecule has 2 aromatic rings. The minimum atomic E-state index is 0.304. The fourth-order valence-electron chi connectivity index (χ4n) is 2.99. The molecule has 0 atom stereocenters. The van der Waals surface area contributed by atoms with Crippen molar-refractivity contribution in [1.29, 1.82) is 0 Å². The van der Waals surface area contributed by atoms with Gasteiger partial charge in [0.15, 0.2) is 0 Å². The quantitative estimate of drug-likeness (QED) is 0.288. The van der Waals surface area contributed by atoms with E-state index in [4.69, 9.17) is 4.74 Å². The molecule has 0 heterocycles. The van der Waals surface area contributed by atoms with Crippen molar-refractivity contribution in [3.05, 3.63) is 59.7 Å². The summed E-state index contributed by atoms with van der Waals surface area (Å²) in [6, 6.07) is 15.9. The van der Waals surface area contributed by atoms with Crippen LogP contribution in [0.5, 0.6) is 11.5 Å². The molecular formula is C22H27BrO2. The Morgan fingerprint density at radius 3 is 1.84 bits per heavy atom. The van der Waals surface area contributed by atoms with Gasteiger partial charge in [-0.05, 0) is 72.2 Å². The summed E-state index contributed by atoms with van der Waals surface area (Å²) in [5, 5.41) is 10.6. The standard InChI is InChI=1S/C22H27BrO2/c1-3-21(17-7-11-19(24)12-8-17)22(4-2)18-9-13-20(14-10-18)25-16-6-5-15-23/h7-14,24H,3-6,15-16H2,1-2H3. The van der Waals surface area contributed by atoms with E-state index in [0.717, 1.165) is 43.4 Å². The summed E-state index contributed by atoms with van der Waals surface area (Å²) in [4.78, 5) is 0. The lowest BCUT2D eigenvalue weighted by Gasteiger charge is -2.15. The van der Waals surface area contributed by atoms with Gasteiger partial charge < -0.3 is 9.84 Å². The van der Waals surface area contributed by atoms with Crippen LogP contribution in [0, 0.1) is 0 Å². The van der Waals surface area contributed by atoms with Crippen LogP contribution in [0.15, 0.2) is 48.5 Å². The first kappa shape index (κ1) is 19.6. The topological polar surface area (TPSA) is 29.5 Å². The molecule has 0 aliphatic heterocycles. The summed E-state index contributed by atoms with van der Waals surface area (Å²) in [5.41, 5.74) is 5.08. The predicted octanol–water partition coefficient (Wildman–Crippen LogP) is 6.68. The van der Waals surface area contributed by atoms with Crippen molar-refractivity contribution in [3.8, 4) is 11.5 Å². The molecule has 0 aliphatic carbocycles. The minimum Gasteiger partial charge on any atom is -0.508 e. The average molecular weight is 403 g/mol. The Balaban J connectivity index is 2.21. The van der Waals surface area contributed by atoms with Gasteiger partial charge in [-0.3, -0.25) is 0 Å². The molecule has 3 heteroatoms. The fraction of sp³-hybridized carbons (Fsp3) is 0.364. The van der Waals surface area contributed by atoms with E-state index in [-0.39, 0.29) is 0 Å². The number of ether oxygens (including phenoxy) is 1. The molecule has 2 aromatic carbocycles. The van der Waals surface area contributed by atoms with E-state index in [1.165, 1.54) is 22.3 Å². The van der Waals surface area contributed by atoms with E-state index < -0.39 is 0 Å². The zero-order valence-corrected chi connectivity index (χ0v) is 16.7. The van der Waals surface area contributed by atoms with Crippen LogP contribution in [0.3, 0.4) is 0 Å². The van der Waals surface area contributed by atoms with Crippen LogP contribution in [-0.4, -0.2) is 17.0 Å². The Morgan fingerprint density at radius 1 is 0.840 bits per heavy atom. The van der Waals surface area contributed by atoms with Crippen LogP contribution in [0.2, 0.25) is 0 Å². The number of phenols is 1. The normalized spacial score (nSPS) is 12.0. The second-order valence-corrected chi connectivity index (χ2v) is 6.77. The van der Waals surface area contributed by atoms with Gasteiger partial charge >= 0.3 is 0 Å². The molecule has 0 amide bonds. The third-order valence-corrected chi connectivity index (χ3v) is 4.85. The summed E-state index contributed by atoms with van der Waals surface area (Å²) < 4.78 is 5.80. The number of phenolic OH excluding ortho intramolecular Hbond substituents is 1. The van der Waals surface area contributed by atoms with E-state index in [9.17, 15) is 5.11 Å². The molecular weight excluding hydrogens is 376 g/mol. The van der Waals surface area contributed by atoms with Crippen LogP contribution < -0.4 is 4.74 Å². The van der Waals surface area contributed by atoms with E-state index in [0.29, 0.717) is 5.75 Å². The highest BCUT2D eigenvalue weighted by molar-refractivity contribution is 9.09. The molecule has 2 nitrogen and oxygen atoms in total.